The van der Waals surface area contributed by atoms with Crippen LogP contribution in [0.25, 0.3) is 0 Å². The zero-order valence-electron chi connectivity index (χ0n) is 14.1. The molecule has 1 aliphatic carbocycles. The van der Waals surface area contributed by atoms with Crippen LogP contribution in [0.2, 0.25) is 0 Å². The summed E-state index contributed by atoms with van der Waals surface area (Å²) in [5.41, 5.74) is 0.412. The molecule has 0 heterocycles. The summed E-state index contributed by atoms with van der Waals surface area (Å²) in [6.45, 7) is 4.43. The lowest BCUT2D eigenvalue weighted by Gasteiger charge is -2.35. The predicted octanol–water partition coefficient (Wildman–Crippen LogP) is 2.61. The Labute approximate surface area is 131 Å². The SMILES string of the molecule is CN=C(NCCN(C)CC(F)(F)F)NC1CCC(C)(C)CC1. The van der Waals surface area contributed by atoms with Gasteiger partial charge in [-0.05, 0) is 38.1 Å². The van der Waals surface area contributed by atoms with Crippen LogP contribution >= 0.6 is 0 Å². The number of likely N-dealkylation sites (N-methyl/N-ethyl adjacent to an activating group) is 1. The highest BCUT2D eigenvalue weighted by atomic mass is 19.4. The van der Waals surface area contributed by atoms with Crippen LogP contribution in [-0.4, -0.2) is 56.8 Å². The van der Waals surface area contributed by atoms with E-state index in [9.17, 15) is 13.2 Å². The molecule has 0 spiro atoms. The topological polar surface area (TPSA) is 39.7 Å². The molecular formula is C15H29F3N4. The van der Waals surface area contributed by atoms with Crippen LogP contribution in [0.5, 0.6) is 0 Å². The van der Waals surface area contributed by atoms with Crippen molar-refractivity contribution in [3.63, 3.8) is 0 Å². The number of alkyl halides is 3. The maximum Gasteiger partial charge on any atom is 0.401 e. The molecule has 0 aromatic heterocycles. The lowest BCUT2D eigenvalue weighted by atomic mass is 9.75. The van der Waals surface area contributed by atoms with Gasteiger partial charge in [0, 0.05) is 26.2 Å². The van der Waals surface area contributed by atoms with Crippen LogP contribution in [0.15, 0.2) is 4.99 Å². The number of hydrogen-bond donors (Lipinski definition) is 2. The molecule has 0 bridgehead atoms. The van der Waals surface area contributed by atoms with Gasteiger partial charge in [0.25, 0.3) is 0 Å². The number of rotatable bonds is 5. The number of nitrogens with one attached hydrogen (secondary N) is 2. The molecule has 0 aromatic rings. The zero-order chi connectivity index (χ0) is 16.8. The van der Waals surface area contributed by atoms with Crippen molar-refractivity contribution in [3.8, 4) is 0 Å². The van der Waals surface area contributed by atoms with Gasteiger partial charge in [0.05, 0.1) is 6.54 Å². The van der Waals surface area contributed by atoms with Crippen LogP contribution in [0.4, 0.5) is 13.2 Å². The molecule has 1 saturated carbocycles. The van der Waals surface area contributed by atoms with E-state index in [-0.39, 0.29) is 0 Å². The van der Waals surface area contributed by atoms with Crippen LogP contribution in [-0.2, 0) is 0 Å². The third kappa shape index (κ3) is 7.87. The Morgan fingerprint density at radius 1 is 1.27 bits per heavy atom. The van der Waals surface area contributed by atoms with E-state index in [1.54, 1.807) is 7.05 Å². The van der Waals surface area contributed by atoms with Gasteiger partial charge in [0.15, 0.2) is 5.96 Å². The smallest absolute Gasteiger partial charge is 0.355 e. The van der Waals surface area contributed by atoms with Gasteiger partial charge < -0.3 is 10.6 Å². The van der Waals surface area contributed by atoms with Gasteiger partial charge in [-0.1, -0.05) is 13.8 Å². The zero-order valence-corrected chi connectivity index (χ0v) is 14.1. The van der Waals surface area contributed by atoms with Crippen molar-refractivity contribution >= 4 is 5.96 Å². The summed E-state index contributed by atoms with van der Waals surface area (Å²) in [4.78, 5) is 5.40. The van der Waals surface area contributed by atoms with Gasteiger partial charge in [0.1, 0.15) is 0 Å². The van der Waals surface area contributed by atoms with Gasteiger partial charge in [-0.2, -0.15) is 13.2 Å². The minimum Gasteiger partial charge on any atom is -0.355 e. The number of nitrogens with zero attached hydrogens (tertiary/aromatic N) is 2. The highest BCUT2D eigenvalue weighted by Crippen LogP contribution is 2.34. The van der Waals surface area contributed by atoms with E-state index in [1.807, 2.05) is 0 Å². The molecule has 4 nitrogen and oxygen atoms in total. The molecule has 130 valence electrons. The first-order valence-electron chi connectivity index (χ1n) is 7.84. The fourth-order valence-electron chi connectivity index (χ4n) is 2.68. The van der Waals surface area contributed by atoms with Crippen molar-refractivity contribution < 1.29 is 13.2 Å². The first kappa shape index (κ1) is 19.1. The quantitative estimate of drug-likeness (QED) is 0.604. The third-order valence-corrected chi connectivity index (χ3v) is 4.14. The summed E-state index contributed by atoms with van der Waals surface area (Å²) in [7, 11) is 3.15. The van der Waals surface area contributed by atoms with Crippen LogP contribution in [0.1, 0.15) is 39.5 Å². The lowest BCUT2D eigenvalue weighted by molar-refractivity contribution is -0.142. The first-order valence-corrected chi connectivity index (χ1v) is 7.84. The predicted molar refractivity (Wildman–Crippen MR) is 84.1 cm³/mol. The lowest BCUT2D eigenvalue weighted by Crippen LogP contribution is -2.47. The summed E-state index contributed by atoms with van der Waals surface area (Å²) >= 11 is 0. The van der Waals surface area contributed by atoms with Crippen molar-refractivity contribution in [1.29, 1.82) is 0 Å². The fourth-order valence-corrected chi connectivity index (χ4v) is 2.68. The molecule has 7 heteroatoms. The molecule has 1 rings (SSSR count). The minimum atomic E-state index is -4.15. The van der Waals surface area contributed by atoms with Crippen LogP contribution in [0, 0.1) is 5.41 Å². The largest absolute Gasteiger partial charge is 0.401 e. The second kappa shape index (κ2) is 8.04. The van der Waals surface area contributed by atoms with Crippen molar-refractivity contribution in [2.75, 3.05) is 33.7 Å². The molecule has 1 aliphatic rings. The highest BCUT2D eigenvalue weighted by molar-refractivity contribution is 5.79. The summed E-state index contributed by atoms with van der Waals surface area (Å²) in [5.74, 6) is 0.671. The van der Waals surface area contributed by atoms with Gasteiger partial charge in [-0.25, -0.2) is 0 Å². The maximum absolute atomic E-state index is 12.2. The second-order valence-electron chi connectivity index (χ2n) is 6.93. The van der Waals surface area contributed by atoms with Crippen LogP contribution in [0.3, 0.4) is 0 Å². The standard InChI is InChI=1S/C15H29F3N4/c1-14(2)7-5-12(6-8-14)21-13(19-3)20-9-10-22(4)11-15(16,17)18/h12H,5-11H2,1-4H3,(H2,19,20,21). The monoisotopic (exact) mass is 322 g/mol. The van der Waals surface area contributed by atoms with Crippen LogP contribution < -0.4 is 10.6 Å². The summed E-state index contributed by atoms with van der Waals surface area (Å²) < 4.78 is 36.7. The first-order chi connectivity index (χ1) is 10.1. The molecule has 0 saturated heterocycles. The highest BCUT2D eigenvalue weighted by Gasteiger charge is 2.29. The molecule has 0 aliphatic heterocycles. The summed E-state index contributed by atoms with van der Waals surface area (Å²) in [6.07, 6.45) is 0.402. The summed E-state index contributed by atoms with van der Waals surface area (Å²) in [6, 6.07) is 0.395. The fraction of sp³-hybridized carbons (Fsp3) is 0.933. The Morgan fingerprint density at radius 2 is 1.86 bits per heavy atom. The Morgan fingerprint density at radius 3 is 2.36 bits per heavy atom. The van der Waals surface area contributed by atoms with Gasteiger partial charge in [-0.3, -0.25) is 9.89 Å². The van der Waals surface area contributed by atoms with E-state index in [2.05, 4.69) is 29.5 Å². The maximum atomic E-state index is 12.2. The third-order valence-electron chi connectivity index (χ3n) is 4.14. The van der Waals surface area contributed by atoms with Crippen molar-refractivity contribution in [1.82, 2.24) is 15.5 Å². The van der Waals surface area contributed by atoms with E-state index >= 15 is 0 Å². The van der Waals surface area contributed by atoms with E-state index in [0.717, 1.165) is 12.8 Å². The van der Waals surface area contributed by atoms with E-state index < -0.39 is 12.7 Å². The van der Waals surface area contributed by atoms with Crippen molar-refractivity contribution in [3.05, 3.63) is 0 Å². The molecule has 0 radical (unpaired) electrons. The molecule has 0 unspecified atom stereocenters. The summed E-state index contributed by atoms with van der Waals surface area (Å²) in [5, 5.41) is 6.45. The van der Waals surface area contributed by atoms with E-state index in [1.165, 1.54) is 24.8 Å². The Bertz CT molecular complexity index is 356. The normalized spacial score (nSPS) is 20.3. The Kier molecular flexibility index (Phi) is 6.97. The van der Waals surface area contributed by atoms with E-state index in [4.69, 9.17) is 0 Å². The molecule has 0 atom stereocenters. The molecular weight excluding hydrogens is 293 g/mol. The van der Waals surface area contributed by atoms with Gasteiger partial charge in [0.2, 0.25) is 0 Å². The molecule has 0 aromatic carbocycles. The van der Waals surface area contributed by atoms with Gasteiger partial charge >= 0.3 is 6.18 Å². The molecule has 1 fully saturated rings. The number of guanidine groups is 1. The molecule has 2 N–H and O–H groups in total. The molecule has 22 heavy (non-hydrogen) atoms. The number of hydrogen-bond acceptors (Lipinski definition) is 2. The number of halogens is 3. The Balaban J connectivity index is 2.26. The Hall–Kier alpha value is -0.980. The molecule has 0 amide bonds. The average molecular weight is 322 g/mol. The second-order valence-corrected chi connectivity index (χ2v) is 6.93. The van der Waals surface area contributed by atoms with Gasteiger partial charge in [-0.15, -0.1) is 0 Å². The minimum absolute atomic E-state index is 0.317. The van der Waals surface area contributed by atoms with E-state index in [0.29, 0.717) is 30.5 Å². The average Bonchev–Trinajstić information content (AvgIpc) is 2.37. The number of aliphatic imine (C=N–C) groups is 1. The van der Waals surface area contributed by atoms with Crippen molar-refractivity contribution in [2.24, 2.45) is 10.4 Å². The van der Waals surface area contributed by atoms with Crippen molar-refractivity contribution in [2.45, 2.75) is 51.7 Å².